The Morgan fingerprint density at radius 2 is 1.00 bits per heavy atom. The van der Waals surface area contributed by atoms with E-state index in [9.17, 15) is 0 Å². The molecule has 0 amide bonds. The number of rotatable bonds is 0. The minimum atomic E-state index is 0. The maximum atomic E-state index is 0. The topological polar surface area (TPSA) is 0 Å². The fourth-order valence-electron chi connectivity index (χ4n) is 0. The Kier molecular flexibility index (Phi) is 242. The van der Waals surface area contributed by atoms with Crippen molar-refractivity contribution in [2.45, 2.75) is 0 Å². The first-order valence-electron chi connectivity index (χ1n) is 0. The van der Waals surface area contributed by atoms with Gasteiger partial charge in [-0.15, -0.1) is 0 Å². The van der Waals surface area contributed by atoms with Gasteiger partial charge < -0.3 is 0 Å². The quantitative estimate of drug-likeness (QED) is 0.254. The molecule has 6 heteroatoms. The Hall–Kier alpha value is 4.90. The molecule has 0 atom stereocenters. The molecule has 0 nitrogen and oxygen atoms in total. The summed E-state index contributed by atoms with van der Waals surface area (Å²) in [4.78, 5) is 0. The van der Waals surface area contributed by atoms with Gasteiger partial charge in [-0.25, -0.2) is 0 Å². The van der Waals surface area contributed by atoms with E-state index in [1.807, 2.05) is 0 Å². The van der Waals surface area contributed by atoms with Gasteiger partial charge in [0.2, 0.25) is 0 Å². The summed E-state index contributed by atoms with van der Waals surface area (Å²) in [7, 11) is 0. The molecular formula is H12AlCaInMnPbSn. The zero-order valence-corrected chi connectivity index (χ0v) is 12.5. The molecule has 0 aliphatic heterocycles. The zero-order chi connectivity index (χ0) is 0. The normalized spacial score (nSPS) is 0. The molecule has 6 heavy (non-hydrogen) atoms. The van der Waals surface area contributed by atoms with Crippen LogP contribution in [0.25, 0.3) is 0 Å². The van der Waals surface area contributed by atoms with Crippen LogP contribution in [-0.4, -0.2) is 132 Å². The van der Waals surface area contributed by atoms with Crippen molar-refractivity contribution < 1.29 is 17.1 Å². The van der Waals surface area contributed by atoms with E-state index in [0.717, 1.165) is 0 Å². The molecule has 0 aromatic carbocycles. The fourth-order valence-corrected chi connectivity index (χ4v) is 0. The number of hydrogen-bond acceptors (Lipinski definition) is 0. The first kappa shape index (κ1) is 44.5. The van der Waals surface area contributed by atoms with Gasteiger partial charge in [-0.3, -0.25) is 0 Å². The molecular weight excluding hydrogens is 563 g/mol. The summed E-state index contributed by atoms with van der Waals surface area (Å²) in [6.45, 7) is 0. The van der Waals surface area contributed by atoms with Gasteiger partial charge in [0.25, 0.3) is 0 Å². The summed E-state index contributed by atoms with van der Waals surface area (Å²) in [5, 5.41) is 0. The van der Waals surface area contributed by atoms with Gasteiger partial charge in [0.1, 0.15) is 0 Å². The second kappa shape index (κ2) is 32.7. The van der Waals surface area contributed by atoms with Crippen molar-refractivity contribution in [3.63, 3.8) is 0 Å². The fraction of sp³-hybridized carbons (Fsp3) is 0. The van der Waals surface area contributed by atoms with Crippen LogP contribution in [0.15, 0.2) is 0 Å². The predicted octanol–water partition coefficient (Wildman–Crippen LogP) is -5.12. The third-order valence-electron chi connectivity index (χ3n) is 0. The van der Waals surface area contributed by atoms with Crippen LogP contribution >= 0.6 is 0 Å². The number of hydrogen-bond donors (Lipinski definition) is 0. The van der Waals surface area contributed by atoms with E-state index in [-0.39, 0.29) is 149 Å². The van der Waals surface area contributed by atoms with Crippen molar-refractivity contribution >= 4 is 132 Å². The van der Waals surface area contributed by atoms with E-state index in [0.29, 0.717) is 0 Å². The van der Waals surface area contributed by atoms with Gasteiger partial charge in [0.05, 0.1) is 0 Å². The molecule has 35 valence electrons. The van der Waals surface area contributed by atoms with Gasteiger partial charge in [0.15, 0.2) is 17.4 Å². The average molecular weight is 575 g/mol. The molecule has 0 saturated heterocycles. The van der Waals surface area contributed by atoms with Crippen molar-refractivity contribution in [3.05, 3.63) is 0 Å². The van der Waals surface area contributed by atoms with Crippen LogP contribution in [0.3, 0.4) is 0 Å². The summed E-state index contributed by atoms with van der Waals surface area (Å²) in [5.74, 6) is 0. The SMILES string of the molecule is [AlH3].[CaH2].[InH3].[Mn].[PbH2].[SnH2]. The molecule has 0 spiro atoms. The molecule has 0 aromatic heterocycles. The van der Waals surface area contributed by atoms with Crippen LogP contribution in [0.1, 0.15) is 0 Å². The molecule has 5 radical (unpaired) electrons. The van der Waals surface area contributed by atoms with E-state index in [1.54, 1.807) is 0 Å². The van der Waals surface area contributed by atoms with Gasteiger partial charge in [-0.05, 0) is 0 Å². The van der Waals surface area contributed by atoms with Crippen molar-refractivity contribution in [1.82, 2.24) is 0 Å². The van der Waals surface area contributed by atoms with E-state index >= 15 is 0 Å². The summed E-state index contributed by atoms with van der Waals surface area (Å²) in [6.07, 6.45) is 0. The molecule has 0 heterocycles. The van der Waals surface area contributed by atoms with E-state index < -0.39 is 0 Å². The Bertz CT molecular complexity index is 15.5. The van der Waals surface area contributed by atoms with Crippen LogP contribution in [0.2, 0.25) is 0 Å². The molecule has 0 aliphatic carbocycles. The molecule has 0 unspecified atom stereocenters. The van der Waals surface area contributed by atoms with Gasteiger partial charge in [-0.1, -0.05) is 0 Å². The van der Waals surface area contributed by atoms with E-state index in [1.165, 1.54) is 0 Å². The Balaban J connectivity index is 0. The molecule has 0 aliphatic rings. The Morgan fingerprint density at radius 1 is 1.00 bits per heavy atom. The molecule has 0 bridgehead atoms. The summed E-state index contributed by atoms with van der Waals surface area (Å²) >= 11 is 0. The standard InChI is InChI=1S/Al.Ca.In.Mn.Pb.Sn.12H. The molecule has 0 aromatic rings. The second-order valence-electron chi connectivity index (χ2n) is 0. The van der Waals surface area contributed by atoms with Crippen LogP contribution in [0.5, 0.6) is 0 Å². The molecule has 0 saturated carbocycles. The summed E-state index contributed by atoms with van der Waals surface area (Å²) < 4.78 is 0. The average Bonchev–Trinajstić information content (AvgIpc) is 0. The monoisotopic (exact) mass is 577 g/mol. The van der Waals surface area contributed by atoms with Gasteiger partial charge >= 0.3 is 115 Å². The summed E-state index contributed by atoms with van der Waals surface area (Å²) in [5.41, 5.74) is 0. The van der Waals surface area contributed by atoms with Crippen molar-refractivity contribution in [3.8, 4) is 0 Å². The predicted molar refractivity (Wildman–Crippen MR) is 45.5 cm³/mol. The third-order valence-corrected chi connectivity index (χ3v) is 0. The van der Waals surface area contributed by atoms with Crippen LogP contribution in [0.4, 0.5) is 0 Å². The zero-order valence-electron chi connectivity index (χ0n) is 1.79. The first-order valence-corrected chi connectivity index (χ1v) is 0. The van der Waals surface area contributed by atoms with Crippen molar-refractivity contribution in [2.24, 2.45) is 0 Å². The van der Waals surface area contributed by atoms with Crippen LogP contribution in [-0.2, 0) is 17.1 Å². The Labute approximate surface area is 145 Å². The van der Waals surface area contributed by atoms with Crippen molar-refractivity contribution in [1.29, 1.82) is 0 Å². The summed E-state index contributed by atoms with van der Waals surface area (Å²) in [6, 6.07) is 0. The maximum absolute atomic E-state index is 0. The second-order valence-corrected chi connectivity index (χ2v) is 0. The van der Waals surface area contributed by atoms with Crippen molar-refractivity contribution in [2.75, 3.05) is 0 Å². The van der Waals surface area contributed by atoms with E-state index in [2.05, 4.69) is 0 Å². The molecule has 0 fully saturated rings. The van der Waals surface area contributed by atoms with Crippen LogP contribution in [0, 0.1) is 0 Å². The van der Waals surface area contributed by atoms with Gasteiger partial charge in [0, 0.05) is 17.1 Å². The third kappa shape index (κ3) is 23.1. The molecule has 0 N–H and O–H groups in total. The van der Waals surface area contributed by atoms with E-state index in [4.69, 9.17) is 0 Å². The first-order chi connectivity index (χ1) is 0. The van der Waals surface area contributed by atoms with Crippen LogP contribution < -0.4 is 0 Å². The minimum absolute atomic E-state index is 0. The Morgan fingerprint density at radius 3 is 1.00 bits per heavy atom. The molecule has 0 rings (SSSR count). The van der Waals surface area contributed by atoms with Gasteiger partial charge in [-0.2, -0.15) is 0 Å².